The normalized spacial score (nSPS) is 11.3. The zero-order chi connectivity index (χ0) is 23.7. The summed E-state index contributed by atoms with van der Waals surface area (Å²) in [7, 11) is 0. The van der Waals surface area contributed by atoms with Gasteiger partial charge in [0, 0.05) is 15.9 Å². The lowest BCUT2D eigenvalue weighted by atomic mass is 10.0. The van der Waals surface area contributed by atoms with Crippen LogP contribution in [-0.4, -0.2) is 37.7 Å². The van der Waals surface area contributed by atoms with Crippen molar-refractivity contribution >= 4 is 50.7 Å². The SMILES string of the molecule is CC(C(=O)O)c1ccc(O)c(N)c1.CC(C(=O)O)c1ccc2oc(N)nc2c1.N#CBr.O. The lowest BCUT2D eigenvalue weighted by Crippen LogP contribution is -2.07. The molecule has 0 aliphatic carbocycles. The van der Waals surface area contributed by atoms with Crippen LogP contribution in [0.5, 0.6) is 5.75 Å². The van der Waals surface area contributed by atoms with Crippen LogP contribution in [0, 0.1) is 10.2 Å². The van der Waals surface area contributed by atoms with Gasteiger partial charge >= 0.3 is 11.9 Å². The summed E-state index contributed by atoms with van der Waals surface area (Å²) < 4.78 is 5.08. The first-order valence-corrected chi connectivity index (χ1v) is 9.50. The molecule has 3 rings (SSSR count). The molecule has 9 N–H and O–H groups in total. The molecule has 1 heterocycles. The van der Waals surface area contributed by atoms with Crippen LogP contribution >= 0.6 is 15.9 Å². The molecule has 0 radical (unpaired) electrons. The highest BCUT2D eigenvalue weighted by Gasteiger charge is 2.15. The summed E-state index contributed by atoms with van der Waals surface area (Å²) in [6.07, 6.45) is 0. The van der Waals surface area contributed by atoms with E-state index in [2.05, 4.69) is 20.9 Å². The van der Waals surface area contributed by atoms with Crippen LogP contribution in [0.3, 0.4) is 0 Å². The van der Waals surface area contributed by atoms with Crippen LogP contribution in [0.2, 0.25) is 0 Å². The van der Waals surface area contributed by atoms with Crippen molar-refractivity contribution in [2.24, 2.45) is 0 Å². The van der Waals surface area contributed by atoms with Crippen LogP contribution in [0.15, 0.2) is 40.8 Å². The Morgan fingerprint density at radius 1 is 1.06 bits per heavy atom. The van der Waals surface area contributed by atoms with Crippen LogP contribution in [0.4, 0.5) is 11.7 Å². The van der Waals surface area contributed by atoms with Crippen LogP contribution < -0.4 is 11.5 Å². The summed E-state index contributed by atoms with van der Waals surface area (Å²) in [5.41, 5.74) is 13.4. The number of fused-ring (bicyclic) bond motifs is 1. The van der Waals surface area contributed by atoms with E-state index in [1.165, 1.54) is 12.1 Å². The second kappa shape index (κ2) is 12.8. The van der Waals surface area contributed by atoms with Gasteiger partial charge in [-0.2, -0.15) is 10.2 Å². The number of phenols is 1. The molecule has 0 aliphatic heterocycles. The molecule has 0 spiro atoms. The first-order chi connectivity index (χ1) is 14.5. The van der Waals surface area contributed by atoms with Gasteiger partial charge in [0.2, 0.25) is 0 Å². The number of nitrogen functional groups attached to an aromatic ring is 2. The number of nitrogens with two attached hydrogens (primary N) is 2. The number of carboxylic acid groups (broad SMARTS) is 2. The minimum Gasteiger partial charge on any atom is -0.506 e. The fraction of sp³-hybridized carbons (Fsp3) is 0.200. The van der Waals surface area contributed by atoms with Crippen molar-refractivity contribution in [1.82, 2.24) is 4.98 Å². The van der Waals surface area contributed by atoms with Crippen molar-refractivity contribution in [2.45, 2.75) is 25.7 Å². The maximum Gasteiger partial charge on any atom is 0.310 e. The Kier molecular flexibility index (Phi) is 11.3. The molecule has 11 nitrogen and oxygen atoms in total. The number of aliphatic carboxylic acids is 2. The Hall–Kier alpha value is -3.82. The number of phenolic OH excluding ortho intramolecular Hbond substituents is 1. The molecule has 0 fully saturated rings. The molecule has 1 aromatic heterocycles. The van der Waals surface area contributed by atoms with Crippen molar-refractivity contribution in [3.63, 3.8) is 0 Å². The smallest absolute Gasteiger partial charge is 0.310 e. The number of hydrogen-bond acceptors (Lipinski definition) is 8. The number of anilines is 2. The van der Waals surface area contributed by atoms with E-state index in [0.717, 1.165) is 0 Å². The standard InChI is InChI=1S/C10H10N2O3.C9H11NO3.CBrN.H2O/c1-5(9(13)14)6-2-3-8-7(4-6)12-10(11)15-8;1-5(9(12)13)6-2-3-8(11)7(10)4-6;2-1-3;/h2-5H,1H3,(H2,11,12)(H,13,14);2-5,11H,10H2,1H3,(H,12,13);;1H2. The molecule has 2 aromatic carbocycles. The molecule has 0 amide bonds. The van der Waals surface area contributed by atoms with Gasteiger partial charge in [0.05, 0.1) is 17.5 Å². The molecule has 2 unspecified atom stereocenters. The number of oxazole rings is 1. The average Bonchev–Trinajstić information content (AvgIpc) is 3.09. The average molecular weight is 511 g/mol. The number of benzene rings is 2. The first kappa shape index (κ1) is 28.2. The molecular weight excluding hydrogens is 488 g/mol. The van der Waals surface area contributed by atoms with E-state index in [4.69, 9.17) is 36.5 Å². The van der Waals surface area contributed by atoms with Gasteiger partial charge in [-0.25, -0.2) is 0 Å². The Morgan fingerprint density at radius 2 is 1.53 bits per heavy atom. The van der Waals surface area contributed by atoms with Crippen molar-refractivity contribution in [2.75, 3.05) is 11.5 Å². The zero-order valence-electron chi connectivity index (χ0n) is 17.1. The van der Waals surface area contributed by atoms with Gasteiger partial charge < -0.3 is 36.7 Å². The summed E-state index contributed by atoms with van der Waals surface area (Å²) in [5.74, 6) is -2.98. The Balaban J connectivity index is 0.000000525. The van der Waals surface area contributed by atoms with Gasteiger partial charge in [0.25, 0.3) is 6.01 Å². The molecular formula is C20H23BrN4O7. The molecule has 0 bridgehead atoms. The minimum absolute atomic E-state index is 0. The summed E-state index contributed by atoms with van der Waals surface area (Å²) in [4.78, 5) is 26.9. The van der Waals surface area contributed by atoms with E-state index in [0.29, 0.717) is 22.2 Å². The summed E-state index contributed by atoms with van der Waals surface area (Å²) >= 11 is 2.45. The van der Waals surface area contributed by atoms with E-state index in [-0.39, 0.29) is 22.9 Å². The molecule has 12 heteroatoms. The molecule has 32 heavy (non-hydrogen) atoms. The fourth-order valence-corrected chi connectivity index (χ4v) is 2.36. The second-order valence-electron chi connectivity index (χ2n) is 6.30. The Labute approximate surface area is 191 Å². The maximum atomic E-state index is 10.8. The zero-order valence-corrected chi connectivity index (χ0v) is 18.7. The van der Waals surface area contributed by atoms with Gasteiger partial charge in [-0.1, -0.05) is 12.1 Å². The third-order valence-electron chi connectivity index (χ3n) is 4.22. The number of nitrogens with zero attached hydrogens (tertiary/aromatic N) is 2. The highest BCUT2D eigenvalue weighted by Crippen LogP contribution is 2.25. The Bertz CT molecular complexity index is 1110. The van der Waals surface area contributed by atoms with Crippen LogP contribution in [-0.2, 0) is 9.59 Å². The summed E-state index contributed by atoms with van der Waals surface area (Å²) in [6.45, 7) is 3.18. The topological polar surface area (TPSA) is 228 Å². The molecule has 0 saturated heterocycles. The number of rotatable bonds is 4. The lowest BCUT2D eigenvalue weighted by molar-refractivity contribution is -0.139. The van der Waals surface area contributed by atoms with Crippen molar-refractivity contribution in [1.29, 1.82) is 5.26 Å². The monoisotopic (exact) mass is 510 g/mol. The van der Waals surface area contributed by atoms with Crippen molar-refractivity contribution < 1.29 is 34.8 Å². The highest BCUT2D eigenvalue weighted by atomic mass is 79.9. The predicted molar refractivity (Wildman–Crippen MR) is 121 cm³/mol. The number of aromatic nitrogens is 1. The maximum absolute atomic E-state index is 10.8. The molecule has 172 valence electrons. The number of nitriles is 1. The quantitative estimate of drug-likeness (QED) is 0.254. The summed E-state index contributed by atoms with van der Waals surface area (Å²) in [5, 5.41) is 33.9. The van der Waals surface area contributed by atoms with Gasteiger partial charge in [0.1, 0.15) is 16.2 Å². The number of carbonyl (C=O) groups is 2. The van der Waals surface area contributed by atoms with Crippen molar-refractivity contribution in [3.05, 3.63) is 47.5 Å². The van der Waals surface area contributed by atoms with Gasteiger partial charge in [-0.3, -0.25) is 9.59 Å². The van der Waals surface area contributed by atoms with E-state index >= 15 is 0 Å². The van der Waals surface area contributed by atoms with Crippen LogP contribution in [0.25, 0.3) is 11.1 Å². The molecule has 0 saturated carbocycles. The Morgan fingerprint density at radius 3 is 2.00 bits per heavy atom. The number of carboxylic acids is 2. The third-order valence-corrected chi connectivity index (χ3v) is 4.22. The predicted octanol–water partition coefficient (Wildman–Crippen LogP) is 2.80. The largest absolute Gasteiger partial charge is 0.506 e. The van der Waals surface area contributed by atoms with E-state index < -0.39 is 23.8 Å². The number of hydrogen-bond donors (Lipinski definition) is 5. The second-order valence-corrected chi connectivity index (χ2v) is 6.66. The fourth-order valence-electron chi connectivity index (χ4n) is 2.36. The van der Waals surface area contributed by atoms with E-state index in [1.807, 2.05) is 0 Å². The number of aromatic hydroxyl groups is 1. The molecule has 3 aromatic rings. The molecule has 0 aliphatic rings. The minimum atomic E-state index is -0.912. The third kappa shape index (κ3) is 7.78. The highest BCUT2D eigenvalue weighted by molar-refractivity contribution is 9.12. The number of halogens is 1. The van der Waals surface area contributed by atoms with Gasteiger partial charge in [0.15, 0.2) is 5.58 Å². The lowest BCUT2D eigenvalue weighted by Gasteiger charge is -2.07. The summed E-state index contributed by atoms with van der Waals surface area (Å²) in [6, 6.07) is 9.54. The van der Waals surface area contributed by atoms with Gasteiger partial charge in [-0.15, -0.1) is 0 Å². The van der Waals surface area contributed by atoms with Gasteiger partial charge in [-0.05, 0) is 49.2 Å². The van der Waals surface area contributed by atoms with Crippen LogP contribution in [0.1, 0.15) is 36.8 Å². The van der Waals surface area contributed by atoms with Crippen molar-refractivity contribution in [3.8, 4) is 10.7 Å². The first-order valence-electron chi connectivity index (χ1n) is 8.71. The van der Waals surface area contributed by atoms with E-state index in [1.54, 1.807) is 43.1 Å². The van der Waals surface area contributed by atoms with E-state index in [9.17, 15) is 9.59 Å². The molecule has 2 atom stereocenters.